The summed E-state index contributed by atoms with van der Waals surface area (Å²) in [5.74, 6) is 0.524. The molecule has 3 aromatic carbocycles. The number of hydrogen-bond donors (Lipinski definition) is 0. The number of aryl methyl sites for hydroxylation is 1. The van der Waals surface area contributed by atoms with E-state index in [4.69, 9.17) is 0 Å². The normalized spacial score (nSPS) is 19.7. The van der Waals surface area contributed by atoms with Crippen LogP contribution in [0.25, 0.3) is 11.4 Å². The Bertz CT molecular complexity index is 1600. The molecule has 7 rings (SSSR count). The van der Waals surface area contributed by atoms with Crippen LogP contribution < -0.4 is 4.90 Å². The van der Waals surface area contributed by atoms with Crippen LogP contribution in [0, 0.1) is 17.6 Å². The Labute approximate surface area is 257 Å². The molecule has 0 spiro atoms. The fourth-order valence-corrected chi connectivity index (χ4v) is 7.20. The molecule has 3 aliphatic rings. The summed E-state index contributed by atoms with van der Waals surface area (Å²) >= 11 is 0. The molecule has 0 bridgehead atoms. The number of amides is 1. The van der Waals surface area contributed by atoms with Gasteiger partial charge in [-0.2, -0.15) is 0 Å². The lowest BCUT2D eigenvalue weighted by Gasteiger charge is -2.51. The number of hydrogen-bond acceptors (Lipinski definition) is 4. The van der Waals surface area contributed by atoms with Crippen molar-refractivity contribution in [3.8, 4) is 11.4 Å². The lowest BCUT2D eigenvalue weighted by molar-refractivity contribution is 0.0378. The van der Waals surface area contributed by atoms with E-state index in [1.807, 2.05) is 41.6 Å². The lowest BCUT2D eigenvalue weighted by Crippen LogP contribution is -2.57. The Kier molecular flexibility index (Phi) is 8.17. The van der Waals surface area contributed by atoms with E-state index in [9.17, 15) is 9.18 Å². The first-order valence-corrected chi connectivity index (χ1v) is 16.0. The number of benzene rings is 3. The summed E-state index contributed by atoms with van der Waals surface area (Å²) in [7, 11) is 0. The highest BCUT2D eigenvalue weighted by Gasteiger charge is 2.44. The van der Waals surface area contributed by atoms with Gasteiger partial charge in [-0.25, -0.2) is 13.8 Å². The molecule has 0 N–H and O–H groups in total. The molecule has 1 unspecified atom stereocenters. The first-order chi connectivity index (χ1) is 21.6. The number of anilines is 1. The summed E-state index contributed by atoms with van der Waals surface area (Å²) in [6.45, 7) is 4.26. The number of nitrogens with zero attached hydrogens (tertiary/aromatic N) is 5. The molecule has 228 valence electrons. The largest absolute Gasteiger partial charge is 0.346 e. The molecule has 6 nitrogen and oxygen atoms in total. The van der Waals surface area contributed by atoms with Crippen LogP contribution in [0.3, 0.4) is 0 Å². The molecule has 3 heterocycles. The molecule has 1 aliphatic carbocycles. The van der Waals surface area contributed by atoms with Gasteiger partial charge >= 0.3 is 0 Å². The van der Waals surface area contributed by atoms with Crippen molar-refractivity contribution in [1.29, 1.82) is 0 Å². The van der Waals surface area contributed by atoms with Crippen LogP contribution in [-0.2, 0) is 6.54 Å². The fourth-order valence-electron chi connectivity index (χ4n) is 7.20. The van der Waals surface area contributed by atoms with Crippen LogP contribution in [0.2, 0.25) is 0 Å². The second-order valence-corrected chi connectivity index (χ2v) is 12.5. The van der Waals surface area contributed by atoms with Crippen molar-refractivity contribution < 1.29 is 13.6 Å². The highest BCUT2D eigenvalue weighted by atomic mass is 19.1. The van der Waals surface area contributed by atoms with Crippen molar-refractivity contribution in [1.82, 2.24) is 19.4 Å². The van der Waals surface area contributed by atoms with Crippen molar-refractivity contribution in [2.24, 2.45) is 5.92 Å². The van der Waals surface area contributed by atoms with Crippen LogP contribution in [0.15, 0.2) is 85.2 Å². The van der Waals surface area contributed by atoms with E-state index in [0.717, 1.165) is 76.2 Å². The summed E-state index contributed by atoms with van der Waals surface area (Å²) in [4.78, 5) is 25.3. The third kappa shape index (κ3) is 5.63. The van der Waals surface area contributed by atoms with Crippen LogP contribution >= 0.6 is 0 Å². The smallest absolute Gasteiger partial charge is 0.258 e. The van der Waals surface area contributed by atoms with E-state index in [-0.39, 0.29) is 17.8 Å². The highest BCUT2D eigenvalue weighted by Crippen LogP contribution is 2.44. The molecule has 2 aliphatic heterocycles. The number of carbonyl (C=O) groups excluding carboxylic acids is 1. The van der Waals surface area contributed by atoms with Gasteiger partial charge in [0.1, 0.15) is 23.6 Å². The maximum Gasteiger partial charge on any atom is 0.258 e. The topological polar surface area (TPSA) is 44.6 Å². The molecule has 0 radical (unpaired) electrons. The number of imidazole rings is 1. The number of piperidine rings is 1. The fraction of sp³-hybridized carbons (Fsp3) is 0.389. The van der Waals surface area contributed by atoms with Crippen LogP contribution in [0.4, 0.5) is 14.5 Å². The van der Waals surface area contributed by atoms with Gasteiger partial charge in [-0.15, -0.1) is 0 Å². The van der Waals surface area contributed by atoms with Crippen LogP contribution in [0.1, 0.15) is 60.6 Å². The minimum absolute atomic E-state index is 0.0676. The van der Waals surface area contributed by atoms with Crippen molar-refractivity contribution in [2.45, 2.75) is 57.3 Å². The number of fused-ring (bicyclic) bond motifs is 1. The van der Waals surface area contributed by atoms with Crippen molar-refractivity contribution in [3.05, 3.63) is 108 Å². The van der Waals surface area contributed by atoms with Crippen molar-refractivity contribution >= 4 is 11.6 Å². The Hall–Kier alpha value is -4.04. The van der Waals surface area contributed by atoms with Crippen molar-refractivity contribution in [3.63, 3.8) is 0 Å². The summed E-state index contributed by atoms with van der Waals surface area (Å²) in [6, 6.07) is 21.5. The van der Waals surface area contributed by atoms with Gasteiger partial charge in [0.25, 0.3) is 5.91 Å². The van der Waals surface area contributed by atoms with E-state index in [1.165, 1.54) is 24.6 Å². The lowest BCUT2D eigenvalue weighted by atomic mass is 9.84. The maximum atomic E-state index is 15.5. The summed E-state index contributed by atoms with van der Waals surface area (Å²) in [5, 5.41) is 0. The average molecular weight is 596 g/mol. The van der Waals surface area contributed by atoms with E-state index >= 15 is 4.39 Å². The molecular weight excluding hydrogens is 556 g/mol. The SMILES string of the molecule is O=C1c2cc(F)ccc2N(CC2CCC2)C(c2ccccc2F)N1C1CCN(CCCn2ccnc2-c2ccccc2)CC1. The predicted molar refractivity (Wildman–Crippen MR) is 168 cm³/mol. The van der Waals surface area contributed by atoms with Gasteiger partial charge in [0.2, 0.25) is 0 Å². The molecule has 1 saturated heterocycles. The number of likely N-dealkylation sites (tertiary alicyclic amines) is 1. The molecule has 1 amide bonds. The molecule has 44 heavy (non-hydrogen) atoms. The summed E-state index contributed by atoms with van der Waals surface area (Å²) in [6.07, 6.45) is 9.33. The van der Waals surface area contributed by atoms with Crippen molar-refractivity contribution in [2.75, 3.05) is 31.1 Å². The summed E-state index contributed by atoms with van der Waals surface area (Å²) < 4.78 is 32.2. The first-order valence-electron chi connectivity index (χ1n) is 16.0. The third-order valence-electron chi connectivity index (χ3n) is 9.73. The molecule has 4 aromatic rings. The molecular formula is C36H39F2N5O. The number of halogens is 2. The van der Waals surface area contributed by atoms with E-state index in [0.29, 0.717) is 22.7 Å². The molecule has 1 saturated carbocycles. The molecule has 1 aromatic heterocycles. The zero-order valence-electron chi connectivity index (χ0n) is 25.0. The van der Waals surface area contributed by atoms with E-state index < -0.39 is 12.0 Å². The first kappa shape index (κ1) is 28.7. The minimum atomic E-state index is -0.559. The molecule has 2 fully saturated rings. The third-order valence-corrected chi connectivity index (χ3v) is 9.73. The number of rotatable bonds is 9. The van der Waals surface area contributed by atoms with Gasteiger partial charge in [0.05, 0.1) is 11.3 Å². The number of carbonyl (C=O) groups is 1. The van der Waals surface area contributed by atoms with Crippen LogP contribution in [0.5, 0.6) is 0 Å². The van der Waals surface area contributed by atoms with E-state index in [2.05, 4.69) is 31.5 Å². The summed E-state index contributed by atoms with van der Waals surface area (Å²) in [5.41, 5.74) is 2.71. The van der Waals surface area contributed by atoms with Gasteiger partial charge in [0, 0.05) is 55.7 Å². The van der Waals surface area contributed by atoms with Gasteiger partial charge < -0.3 is 19.3 Å². The van der Waals surface area contributed by atoms with Gasteiger partial charge in [-0.1, -0.05) is 55.0 Å². The second kappa shape index (κ2) is 12.5. The Morgan fingerprint density at radius 2 is 1.64 bits per heavy atom. The van der Waals surface area contributed by atoms with Gasteiger partial charge in [0.15, 0.2) is 0 Å². The standard InChI is InChI=1S/C36H39F2N5O/c37-28-14-15-33-31(24-28)36(44)43(35(30-12-4-5-13-32(30)38)42(33)25-26-8-6-9-26)29-16-21-40(22-17-29)19-7-20-41-23-18-39-34(41)27-10-2-1-3-11-27/h1-5,10-15,18,23-24,26,29,35H,6-9,16-17,19-22,25H2. The van der Waals surface area contributed by atoms with Gasteiger partial charge in [-0.05, 0) is 68.8 Å². The Balaban J connectivity index is 1.09. The monoisotopic (exact) mass is 595 g/mol. The zero-order valence-corrected chi connectivity index (χ0v) is 25.0. The van der Waals surface area contributed by atoms with E-state index in [1.54, 1.807) is 18.2 Å². The second-order valence-electron chi connectivity index (χ2n) is 12.5. The zero-order chi connectivity index (χ0) is 30.0. The highest BCUT2D eigenvalue weighted by molar-refractivity contribution is 6.02. The minimum Gasteiger partial charge on any atom is -0.346 e. The maximum absolute atomic E-state index is 15.5. The molecule has 1 atom stereocenters. The quantitative estimate of drug-likeness (QED) is 0.206. The predicted octanol–water partition coefficient (Wildman–Crippen LogP) is 7.14. The Morgan fingerprint density at radius 3 is 2.39 bits per heavy atom. The average Bonchev–Trinajstić information content (AvgIpc) is 3.50. The Morgan fingerprint density at radius 1 is 0.864 bits per heavy atom. The van der Waals surface area contributed by atoms with Crippen LogP contribution in [-0.4, -0.2) is 57.5 Å². The number of aromatic nitrogens is 2. The van der Waals surface area contributed by atoms with Gasteiger partial charge in [-0.3, -0.25) is 4.79 Å². The molecule has 8 heteroatoms.